The fraction of sp³-hybridized carbons (Fsp3) is 0.333. The molecule has 1 aromatic rings. The largest absolute Gasteiger partial charge is 0.290 e. The molecule has 0 aliphatic heterocycles. The molecule has 1 rings (SSSR count). The van der Waals surface area contributed by atoms with Crippen molar-refractivity contribution in [1.82, 2.24) is 4.90 Å². The molecule has 1 nitrogen and oxygen atoms in total. The second kappa shape index (κ2) is 4.13. The SMILES string of the molecule is CN(C)C(Cl)c1ccc(Cl)cc1. The van der Waals surface area contributed by atoms with E-state index >= 15 is 0 Å². The van der Waals surface area contributed by atoms with Crippen molar-refractivity contribution in [1.29, 1.82) is 0 Å². The molecule has 0 bridgehead atoms. The Morgan fingerprint density at radius 1 is 1.17 bits per heavy atom. The van der Waals surface area contributed by atoms with Crippen LogP contribution in [0.3, 0.4) is 0 Å². The minimum atomic E-state index is -0.0812. The number of alkyl halides is 1. The first-order valence-electron chi connectivity index (χ1n) is 3.67. The molecule has 3 heteroatoms. The van der Waals surface area contributed by atoms with Gasteiger partial charge in [0.1, 0.15) is 5.50 Å². The lowest BCUT2D eigenvalue weighted by molar-refractivity contribution is 0.384. The Balaban J connectivity index is 2.82. The molecule has 1 atom stereocenters. The number of rotatable bonds is 2. The second-order valence-electron chi connectivity index (χ2n) is 2.85. The van der Waals surface area contributed by atoms with Gasteiger partial charge in [0.15, 0.2) is 0 Å². The number of benzene rings is 1. The number of halogens is 2. The van der Waals surface area contributed by atoms with Crippen LogP contribution in [0.4, 0.5) is 0 Å². The van der Waals surface area contributed by atoms with Gasteiger partial charge < -0.3 is 0 Å². The van der Waals surface area contributed by atoms with Crippen LogP contribution in [0.5, 0.6) is 0 Å². The van der Waals surface area contributed by atoms with Crippen molar-refractivity contribution in [3.63, 3.8) is 0 Å². The molecule has 66 valence electrons. The summed E-state index contributed by atoms with van der Waals surface area (Å²) in [5.74, 6) is 0. The van der Waals surface area contributed by atoms with E-state index < -0.39 is 0 Å². The van der Waals surface area contributed by atoms with Crippen LogP contribution in [0.1, 0.15) is 11.1 Å². The van der Waals surface area contributed by atoms with E-state index in [-0.39, 0.29) is 5.50 Å². The van der Waals surface area contributed by atoms with Gasteiger partial charge in [0, 0.05) is 5.02 Å². The van der Waals surface area contributed by atoms with E-state index in [1.54, 1.807) is 0 Å². The van der Waals surface area contributed by atoms with Crippen LogP contribution in [0.15, 0.2) is 24.3 Å². The van der Waals surface area contributed by atoms with E-state index in [1.165, 1.54) is 0 Å². The van der Waals surface area contributed by atoms with Gasteiger partial charge in [-0.15, -0.1) is 11.6 Å². The third-order valence-corrected chi connectivity index (χ3v) is 2.49. The summed E-state index contributed by atoms with van der Waals surface area (Å²) in [6.45, 7) is 0. The van der Waals surface area contributed by atoms with E-state index in [4.69, 9.17) is 23.2 Å². The van der Waals surface area contributed by atoms with E-state index in [9.17, 15) is 0 Å². The van der Waals surface area contributed by atoms with Crippen LogP contribution in [0, 0.1) is 0 Å². The van der Waals surface area contributed by atoms with Gasteiger partial charge in [-0.3, -0.25) is 4.90 Å². The molecule has 0 N–H and O–H groups in total. The summed E-state index contributed by atoms with van der Waals surface area (Å²) >= 11 is 11.8. The molecule has 0 amide bonds. The number of nitrogens with zero attached hydrogens (tertiary/aromatic N) is 1. The van der Waals surface area contributed by atoms with E-state index in [2.05, 4.69) is 0 Å². The van der Waals surface area contributed by atoms with Crippen molar-refractivity contribution < 1.29 is 0 Å². The highest BCUT2D eigenvalue weighted by molar-refractivity contribution is 6.30. The van der Waals surface area contributed by atoms with Crippen molar-refractivity contribution >= 4 is 23.2 Å². The molecule has 0 aliphatic rings. The minimum absolute atomic E-state index is 0.0812. The van der Waals surface area contributed by atoms with E-state index in [0.717, 1.165) is 10.6 Å². The Bertz CT molecular complexity index is 243. The lowest BCUT2D eigenvalue weighted by Gasteiger charge is -2.17. The van der Waals surface area contributed by atoms with Gasteiger partial charge >= 0.3 is 0 Å². The first-order chi connectivity index (χ1) is 5.61. The van der Waals surface area contributed by atoms with Gasteiger partial charge in [-0.2, -0.15) is 0 Å². The molecule has 0 spiro atoms. The monoisotopic (exact) mass is 203 g/mol. The van der Waals surface area contributed by atoms with Gasteiger partial charge in [-0.25, -0.2) is 0 Å². The minimum Gasteiger partial charge on any atom is -0.290 e. The Morgan fingerprint density at radius 3 is 2.08 bits per heavy atom. The molecule has 0 radical (unpaired) electrons. The normalized spacial score (nSPS) is 13.4. The van der Waals surface area contributed by atoms with Crippen molar-refractivity contribution in [2.75, 3.05) is 14.1 Å². The lowest BCUT2D eigenvalue weighted by Crippen LogP contribution is -2.14. The summed E-state index contributed by atoms with van der Waals surface area (Å²) in [7, 11) is 3.87. The molecular formula is C9H11Cl2N. The highest BCUT2D eigenvalue weighted by Gasteiger charge is 2.08. The molecule has 0 aromatic heterocycles. The molecule has 0 fully saturated rings. The Hall–Kier alpha value is -0.240. The van der Waals surface area contributed by atoms with Crippen molar-refractivity contribution in [3.8, 4) is 0 Å². The maximum absolute atomic E-state index is 6.08. The summed E-state index contributed by atoms with van der Waals surface area (Å²) in [4.78, 5) is 1.94. The predicted octanol–water partition coefficient (Wildman–Crippen LogP) is 3.14. The highest BCUT2D eigenvalue weighted by atomic mass is 35.5. The van der Waals surface area contributed by atoms with Crippen molar-refractivity contribution in [3.05, 3.63) is 34.9 Å². The van der Waals surface area contributed by atoms with Crippen molar-refractivity contribution in [2.24, 2.45) is 0 Å². The van der Waals surface area contributed by atoms with Gasteiger partial charge in [-0.1, -0.05) is 23.7 Å². The zero-order valence-corrected chi connectivity index (χ0v) is 8.60. The summed E-state index contributed by atoms with van der Waals surface area (Å²) < 4.78 is 0. The maximum Gasteiger partial charge on any atom is 0.110 e. The first-order valence-corrected chi connectivity index (χ1v) is 4.48. The van der Waals surface area contributed by atoms with Crippen LogP contribution >= 0.6 is 23.2 Å². The average molecular weight is 204 g/mol. The van der Waals surface area contributed by atoms with Gasteiger partial charge in [0.05, 0.1) is 0 Å². The first kappa shape index (κ1) is 9.85. The molecule has 0 saturated heterocycles. The highest BCUT2D eigenvalue weighted by Crippen LogP contribution is 2.23. The molecule has 1 unspecified atom stereocenters. The molecule has 1 aromatic carbocycles. The molecular weight excluding hydrogens is 193 g/mol. The quantitative estimate of drug-likeness (QED) is 0.528. The molecule has 0 aliphatic carbocycles. The lowest BCUT2D eigenvalue weighted by atomic mass is 10.2. The van der Waals surface area contributed by atoms with Crippen LogP contribution in [-0.4, -0.2) is 19.0 Å². The van der Waals surface area contributed by atoms with Gasteiger partial charge in [-0.05, 0) is 31.8 Å². The Labute approximate surface area is 82.9 Å². The Kier molecular flexibility index (Phi) is 3.39. The number of hydrogen-bond donors (Lipinski definition) is 0. The standard InChI is InChI=1S/C9H11Cl2N/c1-12(2)9(11)7-3-5-8(10)6-4-7/h3-6,9H,1-2H3. The van der Waals surface area contributed by atoms with Crippen molar-refractivity contribution in [2.45, 2.75) is 5.50 Å². The summed E-state index contributed by atoms with van der Waals surface area (Å²) in [6.07, 6.45) is 0. The average Bonchev–Trinajstić information content (AvgIpc) is 2.04. The van der Waals surface area contributed by atoms with Gasteiger partial charge in [0.25, 0.3) is 0 Å². The summed E-state index contributed by atoms with van der Waals surface area (Å²) in [5, 5.41) is 0.737. The van der Waals surface area contributed by atoms with Crippen LogP contribution in [0.25, 0.3) is 0 Å². The topological polar surface area (TPSA) is 3.24 Å². The van der Waals surface area contributed by atoms with Crippen LogP contribution < -0.4 is 0 Å². The van der Waals surface area contributed by atoms with E-state index in [1.807, 2.05) is 43.3 Å². The molecule has 12 heavy (non-hydrogen) atoms. The van der Waals surface area contributed by atoms with Crippen LogP contribution in [0.2, 0.25) is 5.02 Å². The third-order valence-electron chi connectivity index (χ3n) is 1.60. The van der Waals surface area contributed by atoms with Gasteiger partial charge in [0.2, 0.25) is 0 Å². The Morgan fingerprint density at radius 2 is 1.67 bits per heavy atom. The fourth-order valence-corrected chi connectivity index (χ4v) is 1.19. The predicted molar refractivity (Wildman–Crippen MR) is 53.7 cm³/mol. The third kappa shape index (κ3) is 2.37. The number of hydrogen-bond acceptors (Lipinski definition) is 1. The zero-order valence-electron chi connectivity index (χ0n) is 7.09. The summed E-state index contributed by atoms with van der Waals surface area (Å²) in [5.41, 5.74) is 0.980. The van der Waals surface area contributed by atoms with Crippen LogP contribution in [-0.2, 0) is 0 Å². The second-order valence-corrected chi connectivity index (χ2v) is 3.70. The fourth-order valence-electron chi connectivity index (χ4n) is 0.920. The zero-order chi connectivity index (χ0) is 9.14. The molecule has 0 saturated carbocycles. The van der Waals surface area contributed by atoms with E-state index in [0.29, 0.717) is 0 Å². The smallest absolute Gasteiger partial charge is 0.110 e. The molecule has 0 heterocycles. The summed E-state index contributed by atoms with van der Waals surface area (Å²) in [6, 6.07) is 7.55. The maximum atomic E-state index is 6.08.